The molecule has 0 rings (SSSR count). The van der Waals surface area contributed by atoms with Crippen molar-refractivity contribution in [3.63, 3.8) is 0 Å². The molecule has 0 aliphatic heterocycles. The highest BCUT2D eigenvalue weighted by molar-refractivity contribution is 5.89. The van der Waals surface area contributed by atoms with Gasteiger partial charge in [-0.25, -0.2) is 4.79 Å². The molecule has 0 bridgehead atoms. The summed E-state index contributed by atoms with van der Waals surface area (Å²) in [6, 6.07) is -0.622. The lowest BCUT2D eigenvalue weighted by Gasteiger charge is -2.32. The van der Waals surface area contributed by atoms with E-state index in [4.69, 9.17) is 5.73 Å². The zero-order valence-corrected chi connectivity index (χ0v) is 7.84. The van der Waals surface area contributed by atoms with E-state index in [9.17, 15) is 9.59 Å². The summed E-state index contributed by atoms with van der Waals surface area (Å²) in [6.45, 7) is 3.24. The summed E-state index contributed by atoms with van der Waals surface area (Å²) in [4.78, 5) is 23.1. The van der Waals surface area contributed by atoms with Crippen LogP contribution >= 0.6 is 0 Å². The van der Waals surface area contributed by atoms with Crippen molar-refractivity contribution in [2.75, 3.05) is 14.1 Å². The van der Waals surface area contributed by atoms with Gasteiger partial charge in [0.15, 0.2) is 0 Å². The third-order valence-electron chi connectivity index (χ3n) is 1.95. The summed E-state index contributed by atoms with van der Waals surface area (Å²) >= 11 is 0. The van der Waals surface area contributed by atoms with Crippen molar-refractivity contribution in [3.8, 4) is 0 Å². The molecular weight excluding hydrogens is 158 g/mol. The van der Waals surface area contributed by atoms with Gasteiger partial charge >= 0.3 is 6.03 Å². The third kappa shape index (κ3) is 1.87. The smallest absolute Gasteiger partial charge is 0.315 e. The van der Waals surface area contributed by atoms with E-state index in [2.05, 4.69) is 5.32 Å². The minimum atomic E-state index is -0.902. The van der Waals surface area contributed by atoms with E-state index < -0.39 is 11.6 Å². The molecule has 0 aromatic heterocycles. The van der Waals surface area contributed by atoms with E-state index in [1.54, 1.807) is 13.8 Å². The highest BCUT2D eigenvalue weighted by atomic mass is 16.2. The van der Waals surface area contributed by atoms with E-state index >= 15 is 0 Å². The number of nitrogens with two attached hydrogens (primary N) is 1. The van der Waals surface area contributed by atoms with Gasteiger partial charge in [0.2, 0.25) is 5.91 Å². The van der Waals surface area contributed by atoms with Crippen LogP contribution in [0, 0.1) is 0 Å². The van der Waals surface area contributed by atoms with E-state index in [0.717, 1.165) is 0 Å². The Labute approximate surface area is 71.9 Å². The van der Waals surface area contributed by atoms with Crippen LogP contribution in [0.25, 0.3) is 0 Å². The lowest BCUT2D eigenvalue weighted by atomic mass is 10.0. The number of amides is 3. The number of hydrogen-bond donors (Lipinski definition) is 2. The number of nitrogens with one attached hydrogen (secondary N) is 1. The standard InChI is InChI=1S/C7H15N3O2/c1-7(2,5(11)9-3)10(4)6(8)12/h1-4H3,(H2,8,12)(H,9,11). The van der Waals surface area contributed by atoms with Gasteiger partial charge in [0.05, 0.1) is 0 Å². The van der Waals surface area contributed by atoms with Crippen LogP contribution in [-0.2, 0) is 4.79 Å². The van der Waals surface area contributed by atoms with Crippen LogP contribution in [0.3, 0.4) is 0 Å². The lowest BCUT2D eigenvalue weighted by molar-refractivity contribution is -0.128. The van der Waals surface area contributed by atoms with Gasteiger partial charge in [0.25, 0.3) is 0 Å². The first-order chi connectivity index (χ1) is 5.34. The van der Waals surface area contributed by atoms with Gasteiger partial charge in [-0.2, -0.15) is 0 Å². The fraction of sp³-hybridized carbons (Fsp3) is 0.714. The van der Waals surface area contributed by atoms with Crippen molar-refractivity contribution in [2.24, 2.45) is 5.73 Å². The van der Waals surface area contributed by atoms with Crippen LogP contribution in [0.15, 0.2) is 0 Å². The first-order valence-electron chi connectivity index (χ1n) is 3.59. The molecule has 5 nitrogen and oxygen atoms in total. The van der Waals surface area contributed by atoms with Gasteiger partial charge in [0.1, 0.15) is 5.54 Å². The highest BCUT2D eigenvalue weighted by Gasteiger charge is 2.33. The number of nitrogens with zero attached hydrogens (tertiary/aromatic N) is 1. The number of rotatable bonds is 2. The van der Waals surface area contributed by atoms with Gasteiger partial charge in [-0.15, -0.1) is 0 Å². The SMILES string of the molecule is CNC(=O)C(C)(C)N(C)C(N)=O. The second kappa shape index (κ2) is 3.42. The van der Waals surface area contributed by atoms with E-state index in [1.807, 2.05) is 0 Å². The zero-order valence-electron chi connectivity index (χ0n) is 7.84. The first-order valence-corrected chi connectivity index (χ1v) is 3.59. The maximum atomic E-state index is 11.2. The van der Waals surface area contributed by atoms with Crippen molar-refractivity contribution in [3.05, 3.63) is 0 Å². The predicted octanol–water partition coefficient (Wildman–Crippen LogP) is -0.478. The molecule has 0 saturated heterocycles. The Morgan fingerprint density at radius 2 is 1.83 bits per heavy atom. The maximum absolute atomic E-state index is 11.2. The monoisotopic (exact) mass is 173 g/mol. The van der Waals surface area contributed by atoms with Crippen molar-refractivity contribution < 1.29 is 9.59 Å². The molecule has 0 aliphatic carbocycles. The average molecular weight is 173 g/mol. The molecule has 0 unspecified atom stereocenters. The van der Waals surface area contributed by atoms with Crippen LogP contribution in [0.4, 0.5) is 4.79 Å². The summed E-state index contributed by atoms with van der Waals surface area (Å²) in [5, 5.41) is 2.45. The Morgan fingerprint density at radius 1 is 1.42 bits per heavy atom. The fourth-order valence-corrected chi connectivity index (χ4v) is 0.734. The largest absolute Gasteiger partial charge is 0.357 e. The molecule has 70 valence electrons. The molecule has 0 radical (unpaired) electrons. The summed E-state index contributed by atoms with van der Waals surface area (Å²) in [6.07, 6.45) is 0. The average Bonchev–Trinajstić information content (AvgIpc) is 2.01. The molecule has 3 N–H and O–H groups in total. The van der Waals surface area contributed by atoms with Gasteiger partial charge in [-0.3, -0.25) is 4.79 Å². The molecular formula is C7H15N3O2. The van der Waals surface area contributed by atoms with E-state index in [0.29, 0.717) is 0 Å². The normalized spacial score (nSPS) is 10.7. The second-order valence-electron chi connectivity index (χ2n) is 3.04. The number of carbonyl (C=O) groups is 2. The summed E-state index contributed by atoms with van der Waals surface area (Å²) in [5.74, 6) is -0.246. The van der Waals surface area contributed by atoms with Gasteiger partial charge in [-0.1, -0.05) is 0 Å². The third-order valence-corrected chi connectivity index (χ3v) is 1.95. The van der Waals surface area contributed by atoms with Crippen LogP contribution < -0.4 is 11.1 Å². The molecule has 5 heteroatoms. The Bertz CT molecular complexity index is 201. The van der Waals surface area contributed by atoms with Crippen LogP contribution in [0.5, 0.6) is 0 Å². The molecule has 12 heavy (non-hydrogen) atoms. The maximum Gasteiger partial charge on any atom is 0.315 e. The summed E-state index contributed by atoms with van der Waals surface area (Å²) in [7, 11) is 3.00. The van der Waals surface area contributed by atoms with Gasteiger partial charge in [-0.05, 0) is 13.8 Å². The number of likely N-dealkylation sites (N-methyl/N-ethyl adjacent to an activating group) is 2. The van der Waals surface area contributed by atoms with Gasteiger partial charge < -0.3 is 16.0 Å². The number of carbonyl (C=O) groups excluding carboxylic acids is 2. The van der Waals surface area contributed by atoms with Crippen molar-refractivity contribution in [1.82, 2.24) is 10.2 Å². The second-order valence-corrected chi connectivity index (χ2v) is 3.04. The Kier molecular flexibility index (Phi) is 3.06. The van der Waals surface area contributed by atoms with Crippen molar-refractivity contribution in [1.29, 1.82) is 0 Å². The number of urea groups is 1. The molecule has 0 aromatic carbocycles. The quantitative estimate of drug-likeness (QED) is 0.592. The van der Waals surface area contributed by atoms with E-state index in [-0.39, 0.29) is 5.91 Å². The topological polar surface area (TPSA) is 75.4 Å². The molecule has 0 atom stereocenters. The lowest BCUT2D eigenvalue weighted by Crippen LogP contribution is -2.56. The molecule has 0 heterocycles. The molecule has 0 aromatic rings. The zero-order chi connectivity index (χ0) is 9.94. The predicted molar refractivity (Wildman–Crippen MR) is 45.5 cm³/mol. The Hall–Kier alpha value is -1.26. The summed E-state index contributed by atoms with van der Waals surface area (Å²) in [5.41, 5.74) is 4.12. The van der Waals surface area contributed by atoms with Gasteiger partial charge in [0, 0.05) is 14.1 Å². The Balaban J connectivity index is 4.60. The van der Waals surface area contributed by atoms with Crippen LogP contribution in [0.2, 0.25) is 0 Å². The van der Waals surface area contributed by atoms with Crippen LogP contribution in [-0.4, -0.2) is 36.5 Å². The van der Waals surface area contributed by atoms with Crippen molar-refractivity contribution >= 4 is 11.9 Å². The minimum Gasteiger partial charge on any atom is -0.357 e. The van der Waals surface area contributed by atoms with E-state index in [1.165, 1.54) is 19.0 Å². The molecule has 0 saturated carbocycles. The first kappa shape index (κ1) is 10.7. The van der Waals surface area contributed by atoms with Crippen molar-refractivity contribution in [2.45, 2.75) is 19.4 Å². The highest BCUT2D eigenvalue weighted by Crippen LogP contribution is 2.11. The number of primary amides is 1. The molecule has 3 amide bonds. The minimum absolute atomic E-state index is 0.246. The summed E-state index contributed by atoms with van der Waals surface area (Å²) < 4.78 is 0. The number of hydrogen-bond acceptors (Lipinski definition) is 2. The molecule has 0 spiro atoms. The molecule has 0 fully saturated rings. The fourth-order valence-electron chi connectivity index (χ4n) is 0.734. The Morgan fingerprint density at radius 3 is 2.08 bits per heavy atom. The van der Waals surface area contributed by atoms with Crippen LogP contribution in [0.1, 0.15) is 13.8 Å². The molecule has 0 aliphatic rings.